The van der Waals surface area contributed by atoms with Crippen LogP contribution in [0.2, 0.25) is 0 Å². The highest BCUT2D eigenvalue weighted by molar-refractivity contribution is 9.10. The number of benzene rings is 3. The van der Waals surface area contributed by atoms with Gasteiger partial charge < -0.3 is 14.7 Å². The van der Waals surface area contributed by atoms with Crippen LogP contribution in [0.4, 0.5) is 0 Å². The van der Waals surface area contributed by atoms with E-state index in [4.69, 9.17) is 9.84 Å². The summed E-state index contributed by atoms with van der Waals surface area (Å²) in [6, 6.07) is 22.1. The molecule has 4 rings (SSSR count). The number of carbonyl (C=O) groups is 2. The van der Waals surface area contributed by atoms with E-state index in [0.29, 0.717) is 18.7 Å². The quantitative estimate of drug-likeness (QED) is 0.400. The van der Waals surface area contributed by atoms with Crippen molar-refractivity contribution in [3.05, 3.63) is 111 Å². The Hall–Kier alpha value is -3.64. The Bertz CT molecular complexity index is 1250. The van der Waals surface area contributed by atoms with Crippen LogP contribution in [0.5, 0.6) is 5.75 Å². The third-order valence-electron chi connectivity index (χ3n) is 5.26. The molecule has 6 heteroatoms. The fraction of sp³-hybridized carbons (Fsp3) is 0.111. The third-order valence-corrected chi connectivity index (χ3v) is 5.88. The van der Waals surface area contributed by atoms with Crippen molar-refractivity contribution in [3.8, 4) is 5.75 Å². The lowest BCUT2D eigenvalue weighted by Crippen LogP contribution is -2.25. The zero-order chi connectivity index (χ0) is 23.4. The van der Waals surface area contributed by atoms with Crippen molar-refractivity contribution in [3.63, 3.8) is 0 Å². The van der Waals surface area contributed by atoms with Crippen LogP contribution >= 0.6 is 15.9 Å². The minimum Gasteiger partial charge on any atom is -0.493 e. The second-order valence-corrected chi connectivity index (χ2v) is 8.37. The van der Waals surface area contributed by atoms with Gasteiger partial charge in [-0.1, -0.05) is 48.5 Å². The number of ether oxygens (including phenoxy) is 1. The Balaban J connectivity index is 1.68. The first-order valence-corrected chi connectivity index (χ1v) is 11.3. The van der Waals surface area contributed by atoms with Crippen molar-refractivity contribution in [1.82, 2.24) is 4.90 Å². The van der Waals surface area contributed by atoms with Gasteiger partial charge in [0.1, 0.15) is 5.75 Å². The zero-order valence-electron chi connectivity index (χ0n) is 18.0. The smallest absolute Gasteiger partial charge is 0.335 e. The summed E-state index contributed by atoms with van der Waals surface area (Å²) in [6.45, 7) is 2.84. The number of carboxylic acids is 1. The summed E-state index contributed by atoms with van der Waals surface area (Å²) in [5.41, 5.74) is 4.26. The monoisotopic (exact) mass is 503 g/mol. The van der Waals surface area contributed by atoms with Crippen LogP contribution in [0.1, 0.15) is 34.0 Å². The summed E-state index contributed by atoms with van der Waals surface area (Å²) in [7, 11) is 0. The van der Waals surface area contributed by atoms with Crippen LogP contribution in [0.15, 0.2) is 88.9 Å². The molecule has 5 nitrogen and oxygen atoms in total. The number of carbonyl (C=O) groups excluding carboxylic acids is 1. The fourth-order valence-corrected chi connectivity index (χ4v) is 4.17. The maximum Gasteiger partial charge on any atom is 0.335 e. The van der Waals surface area contributed by atoms with Gasteiger partial charge >= 0.3 is 5.97 Å². The van der Waals surface area contributed by atoms with E-state index in [2.05, 4.69) is 15.9 Å². The number of amides is 1. The van der Waals surface area contributed by atoms with Gasteiger partial charge in [0.25, 0.3) is 5.91 Å². The lowest BCUT2D eigenvalue weighted by molar-refractivity contribution is -0.123. The van der Waals surface area contributed by atoms with E-state index < -0.39 is 5.97 Å². The molecule has 0 unspecified atom stereocenters. The molecule has 1 aliphatic rings. The molecule has 0 radical (unpaired) electrons. The summed E-state index contributed by atoms with van der Waals surface area (Å²) < 4.78 is 6.40. The largest absolute Gasteiger partial charge is 0.493 e. The van der Waals surface area contributed by atoms with E-state index in [-0.39, 0.29) is 11.5 Å². The van der Waals surface area contributed by atoms with Crippen LogP contribution < -0.4 is 4.74 Å². The van der Waals surface area contributed by atoms with Crippen molar-refractivity contribution in [2.24, 2.45) is 0 Å². The standard InChI is InChI=1S/C27H22BrNO4/c1-2-33-25-13-10-19(15-23(25)28)14-22-16-24(20-6-4-3-5-7-20)29(26(22)30)17-18-8-11-21(12-9-18)27(31)32/h3-16H,2,17H2,1H3,(H,31,32)/b22-14+. The zero-order valence-corrected chi connectivity index (χ0v) is 19.6. The average molecular weight is 504 g/mol. The molecule has 1 N–H and O–H groups in total. The molecule has 0 saturated carbocycles. The lowest BCUT2D eigenvalue weighted by Gasteiger charge is -2.21. The molecule has 33 heavy (non-hydrogen) atoms. The minimum atomic E-state index is -0.976. The summed E-state index contributed by atoms with van der Waals surface area (Å²) in [4.78, 5) is 26.3. The van der Waals surface area contributed by atoms with E-state index in [0.717, 1.165) is 32.6 Å². The number of aromatic carboxylic acids is 1. The molecule has 1 aliphatic heterocycles. The number of hydrogen-bond donors (Lipinski definition) is 1. The first-order chi connectivity index (χ1) is 16.0. The van der Waals surface area contributed by atoms with Crippen LogP contribution in [-0.2, 0) is 11.3 Å². The predicted octanol–water partition coefficient (Wildman–Crippen LogP) is 6.01. The predicted molar refractivity (Wildman–Crippen MR) is 132 cm³/mol. The summed E-state index contributed by atoms with van der Waals surface area (Å²) in [5.74, 6) is -0.332. The molecule has 166 valence electrons. The van der Waals surface area contributed by atoms with Crippen LogP contribution in [0.3, 0.4) is 0 Å². The summed E-state index contributed by atoms with van der Waals surface area (Å²) >= 11 is 3.53. The van der Waals surface area contributed by atoms with Gasteiger partial charge in [-0.05, 0) is 76.0 Å². The van der Waals surface area contributed by atoms with Crippen molar-refractivity contribution in [2.75, 3.05) is 6.61 Å². The molecule has 0 saturated heterocycles. The Morgan fingerprint density at radius 3 is 2.42 bits per heavy atom. The molecule has 0 spiro atoms. The molecule has 3 aromatic rings. The third kappa shape index (κ3) is 5.07. The molecule has 0 aromatic heterocycles. The number of hydrogen-bond acceptors (Lipinski definition) is 3. The second-order valence-electron chi connectivity index (χ2n) is 7.51. The number of halogens is 1. The Kier molecular flexibility index (Phi) is 6.75. The molecule has 0 atom stereocenters. The number of rotatable bonds is 7. The molecule has 0 bridgehead atoms. The first-order valence-electron chi connectivity index (χ1n) is 10.5. The van der Waals surface area contributed by atoms with E-state index in [1.807, 2.05) is 67.6 Å². The first kappa shape index (κ1) is 22.6. The van der Waals surface area contributed by atoms with Gasteiger partial charge in [0, 0.05) is 5.57 Å². The normalized spacial score (nSPS) is 14.5. The van der Waals surface area contributed by atoms with E-state index >= 15 is 0 Å². The highest BCUT2D eigenvalue weighted by atomic mass is 79.9. The van der Waals surface area contributed by atoms with Crippen LogP contribution in [0, 0.1) is 0 Å². The molecule has 0 aliphatic carbocycles. The second kappa shape index (κ2) is 9.88. The van der Waals surface area contributed by atoms with Gasteiger partial charge in [0.15, 0.2) is 0 Å². The highest BCUT2D eigenvalue weighted by Gasteiger charge is 2.29. The number of nitrogens with zero attached hydrogens (tertiary/aromatic N) is 1. The van der Waals surface area contributed by atoms with Gasteiger partial charge in [-0.3, -0.25) is 4.79 Å². The Morgan fingerprint density at radius 1 is 1.06 bits per heavy atom. The molecule has 1 amide bonds. The molecule has 0 fully saturated rings. The minimum absolute atomic E-state index is 0.110. The van der Waals surface area contributed by atoms with Crippen molar-refractivity contribution < 1.29 is 19.4 Å². The number of carboxylic acid groups (broad SMARTS) is 1. The maximum absolute atomic E-state index is 13.4. The van der Waals surface area contributed by atoms with Gasteiger partial charge in [-0.2, -0.15) is 0 Å². The highest BCUT2D eigenvalue weighted by Crippen LogP contribution is 2.33. The molecular weight excluding hydrogens is 482 g/mol. The lowest BCUT2D eigenvalue weighted by atomic mass is 10.1. The van der Waals surface area contributed by atoms with Gasteiger partial charge in [0.05, 0.1) is 28.9 Å². The van der Waals surface area contributed by atoms with Gasteiger partial charge in [-0.15, -0.1) is 0 Å². The summed E-state index contributed by atoms with van der Waals surface area (Å²) in [5, 5.41) is 9.14. The maximum atomic E-state index is 13.4. The molecular formula is C27H22BrNO4. The molecule has 1 heterocycles. The van der Waals surface area contributed by atoms with Crippen LogP contribution in [-0.4, -0.2) is 28.5 Å². The van der Waals surface area contributed by atoms with Gasteiger partial charge in [0.2, 0.25) is 0 Å². The SMILES string of the molecule is CCOc1ccc(/C=C2\C=C(c3ccccc3)N(Cc3ccc(C(=O)O)cc3)C2=O)cc1Br. The summed E-state index contributed by atoms with van der Waals surface area (Å²) in [6.07, 6.45) is 3.76. The average Bonchev–Trinajstić information content (AvgIpc) is 3.12. The van der Waals surface area contributed by atoms with Crippen LogP contribution in [0.25, 0.3) is 11.8 Å². The van der Waals surface area contributed by atoms with E-state index in [9.17, 15) is 9.59 Å². The van der Waals surface area contributed by atoms with Crippen molar-refractivity contribution in [1.29, 1.82) is 0 Å². The fourth-order valence-electron chi connectivity index (χ4n) is 3.65. The van der Waals surface area contributed by atoms with Gasteiger partial charge in [-0.25, -0.2) is 4.79 Å². The van der Waals surface area contributed by atoms with E-state index in [1.165, 1.54) is 0 Å². The van der Waals surface area contributed by atoms with Crippen molar-refractivity contribution >= 4 is 39.6 Å². The molecule has 3 aromatic carbocycles. The Morgan fingerprint density at radius 2 is 1.79 bits per heavy atom. The topological polar surface area (TPSA) is 66.8 Å². The van der Waals surface area contributed by atoms with E-state index in [1.54, 1.807) is 29.2 Å². The van der Waals surface area contributed by atoms with Crippen molar-refractivity contribution in [2.45, 2.75) is 13.5 Å². The Labute approximate surface area is 200 Å².